The first-order valence-electron chi connectivity index (χ1n) is 6.70. The summed E-state index contributed by atoms with van der Waals surface area (Å²) in [5.74, 6) is -0.0715. The van der Waals surface area contributed by atoms with Crippen LogP contribution in [0.25, 0.3) is 0 Å². The topological polar surface area (TPSA) is 20.3 Å². The monoisotopic (exact) mass is 355 g/mol. The van der Waals surface area contributed by atoms with Crippen LogP contribution in [-0.4, -0.2) is 23.1 Å². The maximum Gasteiger partial charge on any atom is 0.258 e. The Bertz CT molecular complexity index is 725. The van der Waals surface area contributed by atoms with Crippen molar-refractivity contribution >= 4 is 40.9 Å². The summed E-state index contributed by atoms with van der Waals surface area (Å²) in [5, 5.41) is 0.637. The molecule has 0 saturated carbocycles. The summed E-state index contributed by atoms with van der Waals surface area (Å²) in [6.07, 6.45) is 0. The van der Waals surface area contributed by atoms with Crippen LogP contribution >= 0.6 is 35.0 Å². The molecule has 0 bridgehead atoms. The standard InChI is InChI=1S/C16H12Cl2FNOS/c17-12-6-3-5-11(14(12)18)16-20(8-9-22-16)15(21)10-4-1-2-7-13(10)19/h1-7,16H,8-9H2. The average molecular weight is 356 g/mol. The Kier molecular flexibility index (Phi) is 4.62. The van der Waals surface area contributed by atoms with E-state index in [4.69, 9.17) is 23.2 Å². The van der Waals surface area contributed by atoms with E-state index in [1.165, 1.54) is 12.1 Å². The molecule has 3 rings (SSSR count). The molecule has 2 aromatic rings. The van der Waals surface area contributed by atoms with Crippen molar-refractivity contribution in [3.05, 3.63) is 69.5 Å². The highest BCUT2D eigenvalue weighted by Crippen LogP contribution is 2.43. The van der Waals surface area contributed by atoms with Gasteiger partial charge in [0.1, 0.15) is 11.2 Å². The lowest BCUT2D eigenvalue weighted by molar-refractivity contribution is 0.0755. The van der Waals surface area contributed by atoms with Crippen LogP contribution in [0.4, 0.5) is 4.39 Å². The second-order valence-corrected chi connectivity index (χ2v) is 6.82. The van der Waals surface area contributed by atoms with E-state index in [2.05, 4.69) is 0 Å². The summed E-state index contributed by atoms with van der Waals surface area (Å²) in [6, 6.07) is 11.4. The van der Waals surface area contributed by atoms with E-state index in [-0.39, 0.29) is 16.8 Å². The molecule has 2 nitrogen and oxygen atoms in total. The minimum atomic E-state index is -0.514. The van der Waals surface area contributed by atoms with Gasteiger partial charge in [-0.2, -0.15) is 0 Å². The molecule has 1 saturated heterocycles. The molecule has 1 atom stereocenters. The number of thioether (sulfide) groups is 1. The lowest BCUT2D eigenvalue weighted by atomic mass is 10.1. The average Bonchev–Trinajstić information content (AvgIpc) is 2.99. The third-order valence-corrected chi connectivity index (χ3v) is 5.58. The molecule has 0 radical (unpaired) electrons. The minimum Gasteiger partial charge on any atom is -0.322 e. The van der Waals surface area contributed by atoms with Gasteiger partial charge in [0.25, 0.3) is 5.91 Å². The van der Waals surface area contributed by atoms with E-state index in [0.29, 0.717) is 16.6 Å². The maximum absolute atomic E-state index is 13.9. The van der Waals surface area contributed by atoms with Gasteiger partial charge in [0, 0.05) is 17.9 Å². The Morgan fingerprint density at radius 2 is 1.95 bits per heavy atom. The van der Waals surface area contributed by atoms with Crippen LogP contribution in [0.15, 0.2) is 42.5 Å². The summed E-state index contributed by atoms with van der Waals surface area (Å²) in [5.41, 5.74) is 0.856. The number of carbonyl (C=O) groups excluding carboxylic acids is 1. The molecule has 0 aromatic heterocycles. The predicted molar refractivity (Wildman–Crippen MR) is 89.1 cm³/mol. The van der Waals surface area contributed by atoms with Crippen molar-refractivity contribution in [1.82, 2.24) is 4.90 Å². The molecule has 1 aliphatic heterocycles. The highest BCUT2D eigenvalue weighted by Gasteiger charge is 2.33. The van der Waals surface area contributed by atoms with Gasteiger partial charge in [-0.25, -0.2) is 4.39 Å². The third-order valence-electron chi connectivity index (χ3n) is 3.50. The van der Waals surface area contributed by atoms with Gasteiger partial charge in [-0.15, -0.1) is 11.8 Å². The number of rotatable bonds is 2. The van der Waals surface area contributed by atoms with Crippen molar-refractivity contribution in [1.29, 1.82) is 0 Å². The van der Waals surface area contributed by atoms with Gasteiger partial charge in [0.15, 0.2) is 0 Å². The van der Waals surface area contributed by atoms with E-state index in [1.807, 2.05) is 6.07 Å². The summed E-state index contributed by atoms with van der Waals surface area (Å²) in [7, 11) is 0. The van der Waals surface area contributed by atoms with Crippen LogP contribution in [0, 0.1) is 5.82 Å². The number of hydrogen-bond donors (Lipinski definition) is 0. The highest BCUT2D eigenvalue weighted by atomic mass is 35.5. The Labute approximate surface area is 142 Å². The molecule has 114 valence electrons. The predicted octanol–water partition coefficient (Wildman–Crippen LogP) is 5.02. The van der Waals surface area contributed by atoms with Gasteiger partial charge in [-0.1, -0.05) is 47.5 Å². The Balaban J connectivity index is 1.95. The van der Waals surface area contributed by atoms with Crippen molar-refractivity contribution < 1.29 is 9.18 Å². The number of benzene rings is 2. The molecule has 1 unspecified atom stereocenters. The lowest BCUT2D eigenvalue weighted by Crippen LogP contribution is -2.31. The summed E-state index contributed by atoms with van der Waals surface area (Å²) in [4.78, 5) is 14.3. The van der Waals surface area contributed by atoms with Crippen LogP contribution in [0.3, 0.4) is 0 Å². The molecular weight excluding hydrogens is 344 g/mol. The first-order valence-corrected chi connectivity index (χ1v) is 8.51. The molecule has 0 N–H and O–H groups in total. The molecule has 6 heteroatoms. The largest absolute Gasteiger partial charge is 0.322 e. The molecule has 2 aromatic carbocycles. The Morgan fingerprint density at radius 3 is 2.73 bits per heavy atom. The van der Waals surface area contributed by atoms with E-state index >= 15 is 0 Å². The molecule has 1 fully saturated rings. The third kappa shape index (κ3) is 2.83. The zero-order valence-corrected chi connectivity index (χ0v) is 13.8. The normalized spacial score (nSPS) is 17.8. The van der Waals surface area contributed by atoms with Gasteiger partial charge in [-0.3, -0.25) is 4.79 Å². The molecule has 0 spiro atoms. The van der Waals surface area contributed by atoms with Crippen molar-refractivity contribution in [2.24, 2.45) is 0 Å². The second kappa shape index (κ2) is 6.49. The maximum atomic E-state index is 13.9. The van der Waals surface area contributed by atoms with Crippen LogP contribution in [0.5, 0.6) is 0 Å². The first-order chi connectivity index (χ1) is 10.6. The van der Waals surface area contributed by atoms with Crippen molar-refractivity contribution in [2.45, 2.75) is 5.37 Å². The summed E-state index contributed by atoms with van der Waals surface area (Å²) < 4.78 is 13.9. The fourth-order valence-corrected chi connectivity index (χ4v) is 4.19. The summed E-state index contributed by atoms with van der Waals surface area (Å²) in [6.45, 7) is 0.547. The molecule has 1 amide bonds. The van der Waals surface area contributed by atoms with Gasteiger partial charge in [0.05, 0.1) is 15.6 Å². The van der Waals surface area contributed by atoms with Crippen molar-refractivity contribution in [3.63, 3.8) is 0 Å². The Hall–Kier alpha value is -1.23. The molecule has 1 heterocycles. The highest BCUT2D eigenvalue weighted by molar-refractivity contribution is 7.99. The lowest BCUT2D eigenvalue weighted by Gasteiger charge is -2.25. The van der Waals surface area contributed by atoms with Crippen LogP contribution in [0.2, 0.25) is 10.0 Å². The Morgan fingerprint density at radius 1 is 1.18 bits per heavy atom. The zero-order chi connectivity index (χ0) is 15.7. The number of carbonyl (C=O) groups is 1. The fraction of sp³-hybridized carbons (Fsp3) is 0.188. The van der Waals surface area contributed by atoms with Crippen LogP contribution in [-0.2, 0) is 0 Å². The molecule has 1 aliphatic rings. The number of hydrogen-bond acceptors (Lipinski definition) is 2. The first kappa shape index (κ1) is 15.7. The van der Waals surface area contributed by atoms with Gasteiger partial charge >= 0.3 is 0 Å². The van der Waals surface area contributed by atoms with Crippen molar-refractivity contribution in [3.8, 4) is 0 Å². The van der Waals surface area contributed by atoms with E-state index < -0.39 is 5.82 Å². The van der Waals surface area contributed by atoms with E-state index in [1.54, 1.807) is 40.9 Å². The molecular formula is C16H12Cl2FNOS. The molecule has 0 aliphatic carbocycles. The smallest absolute Gasteiger partial charge is 0.258 e. The van der Waals surface area contributed by atoms with Gasteiger partial charge in [0.2, 0.25) is 0 Å². The number of halogens is 3. The van der Waals surface area contributed by atoms with E-state index in [9.17, 15) is 9.18 Å². The van der Waals surface area contributed by atoms with Crippen molar-refractivity contribution in [2.75, 3.05) is 12.3 Å². The fourth-order valence-electron chi connectivity index (χ4n) is 2.44. The number of nitrogens with zero attached hydrogens (tertiary/aromatic N) is 1. The summed E-state index contributed by atoms with van der Waals surface area (Å²) >= 11 is 13.9. The molecule has 22 heavy (non-hydrogen) atoms. The van der Waals surface area contributed by atoms with Gasteiger partial charge in [-0.05, 0) is 18.2 Å². The zero-order valence-electron chi connectivity index (χ0n) is 11.4. The second-order valence-electron chi connectivity index (χ2n) is 4.84. The SMILES string of the molecule is O=C(c1ccccc1F)N1CCSC1c1cccc(Cl)c1Cl. The van der Waals surface area contributed by atoms with Crippen LogP contribution in [0.1, 0.15) is 21.3 Å². The van der Waals surface area contributed by atoms with Gasteiger partial charge < -0.3 is 4.90 Å². The van der Waals surface area contributed by atoms with E-state index in [0.717, 1.165) is 11.3 Å². The minimum absolute atomic E-state index is 0.0770. The number of amides is 1. The quantitative estimate of drug-likeness (QED) is 0.753. The van der Waals surface area contributed by atoms with Crippen LogP contribution < -0.4 is 0 Å².